The third-order valence-corrected chi connectivity index (χ3v) is 7.34. The monoisotopic (exact) mass is 499 g/mol. The van der Waals surface area contributed by atoms with E-state index in [4.69, 9.17) is 26.7 Å². The van der Waals surface area contributed by atoms with Crippen LogP contribution in [-0.2, 0) is 22.5 Å². The molecule has 2 aromatic heterocycles. The second kappa shape index (κ2) is 10.3. The van der Waals surface area contributed by atoms with Crippen molar-refractivity contribution >= 4 is 51.6 Å². The predicted molar refractivity (Wildman–Crippen MR) is 133 cm³/mol. The maximum atomic E-state index is 13.7. The van der Waals surface area contributed by atoms with Crippen molar-refractivity contribution in [3.05, 3.63) is 74.5 Å². The molecule has 33 heavy (non-hydrogen) atoms. The highest BCUT2D eigenvalue weighted by molar-refractivity contribution is 7.99. The Morgan fingerprint density at radius 1 is 1.12 bits per heavy atom. The zero-order valence-corrected chi connectivity index (χ0v) is 20.5. The van der Waals surface area contributed by atoms with Crippen LogP contribution in [0.5, 0.6) is 5.75 Å². The average Bonchev–Trinajstić information content (AvgIpc) is 3.17. The molecule has 10 heteroatoms. The molecule has 0 unspecified atom stereocenters. The number of ether oxygens (including phenoxy) is 2. The quantitative estimate of drug-likeness (QED) is 0.153. The van der Waals surface area contributed by atoms with Crippen LogP contribution in [0.25, 0.3) is 16.0 Å². The van der Waals surface area contributed by atoms with Crippen LogP contribution >= 0.6 is 35.3 Å². The van der Waals surface area contributed by atoms with Gasteiger partial charge in [0.05, 0.1) is 25.7 Å². The average molecular weight is 500 g/mol. The van der Waals surface area contributed by atoms with Gasteiger partial charge in [0.2, 0.25) is 0 Å². The molecule has 0 aliphatic carbocycles. The molecule has 2 aromatic carbocycles. The van der Waals surface area contributed by atoms with Crippen molar-refractivity contribution < 1.29 is 14.3 Å². The maximum Gasteiger partial charge on any atom is 0.316 e. The number of fused-ring (bicyclic) bond motifs is 1. The lowest BCUT2D eigenvalue weighted by Crippen LogP contribution is -2.23. The maximum absolute atomic E-state index is 13.7. The van der Waals surface area contributed by atoms with Gasteiger partial charge in [0.25, 0.3) is 5.56 Å². The van der Waals surface area contributed by atoms with Crippen molar-refractivity contribution in [2.75, 3.05) is 20.0 Å². The fraction of sp³-hybridized carbons (Fsp3) is 0.217. The summed E-state index contributed by atoms with van der Waals surface area (Å²) in [5.74, 6) is 0.123. The summed E-state index contributed by atoms with van der Waals surface area (Å²) in [7, 11) is 2.87. The summed E-state index contributed by atoms with van der Waals surface area (Å²) in [6, 6.07) is 17.3. The third kappa shape index (κ3) is 4.87. The second-order valence-electron chi connectivity index (χ2n) is 6.98. The number of carbonyl (C=O) groups is 1. The normalized spacial score (nSPS) is 11.0. The van der Waals surface area contributed by atoms with Gasteiger partial charge in [0.15, 0.2) is 14.8 Å². The first-order valence-corrected chi connectivity index (χ1v) is 12.3. The number of methoxy groups -OCH3 is 2. The van der Waals surface area contributed by atoms with E-state index in [0.29, 0.717) is 37.4 Å². The van der Waals surface area contributed by atoms with E-state index in [1.807, 2.05) is 34.9 Å². The van der Waals surface area contributed by atoms with E-state index in [1.54, 1.807) is 19.2 Å². The highest BCUT2D eigenvalue weighted by atomic mass is 32.2. The van der Waals surface area contributed by atoms with E-state index in [-0.39, 0.29) is 11.3 Å². The molecule has 0 spiro atoms. The van der Waals surface area contributed by atoms with Crippen molar-refractivity contribution in [1.29, 1.82) is 0 Å². The zero-order valence-electron chi connectivity index (χ0n) is 18.0. The van der Waals surface area contributed by atoms with E-state index in [0.717, 1.165) is 18.2 Å². The fourth-order valence-electron chi connectivity index (χ4n) is 3.37. The first-order valence-electron chi connectivity index (χ1n) is 10.1. The molecule has 2 heterocycles. The fourth-order valence-corrected chi connectivity index (χ4v) is 5.51. The van der Waals surface area contributed by atoms with Gasteiger partial charge in [-0.3, -0.25) is 14.2 Å². The molecule has 170 valence electrons. The Bertz CT molecular complexity index is 1410. The van der Waals surface area contributed by atoms with Crippen molar-refractivity contribution in [1.82, 2.24) is 14.1 Å². The topological polar surface area (TPSA) is 75.4 Å². The van der Waals surface area contributed by atoms with Crippen molar-refractivity contribution in [2.24, 2.45) is 0 Å². The van der Waals surface area contributed by atoms with Crippen LogP contribution in [0, 0.1) is 3.95 Å². The van der Waals surface area contributed by atoms with Crippen LogP contribution in [0.2, 0.25) is 0 Å². The minimum atomic E-state index is -0.410. The minimum absolute atomic E-state index is 0.0124. The molecule has 4 aromatic rings. The molecular weight excluding hydrogens is 478 g/mol. The molecule has 0 amide bonds. The Morgan fingerprint density at radius 3 is 2.58 bits per heavy atom. The van der Waals surface area contributed by atoms with Crippen molar-refractivity contribution in [3.8, 4) is 11.4 Å². The van der Waals surface area contributed by atoms with E-state index in [1.165, 1.54) is 28.6 Å². The highest BCUT2D eigenvalue weighted by Crippen LogP contribution is 2.29. The summed E-state index contributed by atoms with van der Waals surface area (Å²) in [6.07, 6.45) is 0.753. The Morgan fingerprint density at radius 2 is 1.85 bits per heavy atom. The van der Waals surface area contributed by atoms with Gasteiger partial charge in [-0.15, -0.1) is 0 Å². The Labute approximate surface area is 203 Å². The number of nitrogens with zero attached hydrogens (tertiary/aromatic N) is 3. The smallest absolute Gasteiger partial charge is 0.316 e. The molecule has 0 saturated carbocycles. The molecule has 0 N–H and O–H groups in total. The van der Waals surface area contributed by atoms with Gasteiger partial charge in [-0.05, 0) is 36.3 Å². The molecular formula is C23H21N3O4S3. The van der Waals surface area contributed by atoms with Crippen LogP contribution in [-0.4, -0.2) is 40.1 Å². The van der Waals surface area contributed by atoms with E-state index in [9.17, 15) is 9.59 Å². The summed E-state index contributed by atoms with van der Waals surface area (Å²) in [6.45, 7) is 0.592. The second-order valence-corrected chi connectivity index (χ2v) is 9.57. The first kappa shape index (κ1) is 23.2. The van der Waals surface area contributed by atoms with Crippen molar-refractivity contribution in [3.63, 3.8) is 0 Å². The summed E-state index contributed by atoms with van der Waals surface area (Å²) >= 11 is 7.97. The van der Waals surface area contributed by atoms with E-state index >= 15 is 0 Å². The number of carbonyl (C=O) groups excluding carboxylic acids is 1. The number of benzene rings is 2. The highest BCUT2D eigenvalue weighted by Gasteiger charge is 2.21. The first-order chi connectivity index (χ1) is 16.0. The van der Waals surface area contributed by atoms with E-state index in [2.05, 4.69) is 12.1 Å². The summed E-state index contributed by atoms with van der Waals surface area (Å²) in [5, 5.41) is 0.365. The largest absolute Gasteiger partial charge is 0.495 e. The number of rotatable bonds is 8. The lowest BCUT2D eigenvalue weighted by atomic mass is 10.1. The van der Waals surface area contributed by atoms with Gasteiger partial charge in [-0.1, -0.05) is 65.6 Å². The molecule has 0 aliphatic rings. The number of thioether (sulfide) groups is 1. The Hall–Kier alpha value is -2.95. The molecule has 4 rings (SSSR count). The molecule has 0 radical (unpaired) electrons. The number of hydrogen-bond acceptors (Lipinski definition) is 8. The van der Waals surface area contributed by atoms with Crippen LogP contribution in [0.1, 0.15) is 5.56 Å². The van der Waals surface area contributed by atoms with Crippen LogP contribution in [0.3, 0.4) is 0 Å². The van der Waals surface area contributed by atoms with E-state index < -0.39 is 5.97 Å². The lowest BCUT2D eigenvalue weighted by Gasteiger charge is -2.15. The SMILES string of the molecule is COC(=O)CSc1nc2c(sc(=S)n2CCc2ccccc2)c(=O)n1-c1ccccc1OC. The predicted octanol–water partition coefficient (Wildman–Crippen LogP) is 4.49. The van der Waals surface area contributed by atoms with Crippen LogP contribution in [0.4, 0.5) is 0 Å². The van der Waals surface area contributed by atoms with Gasteiger partial charge in [0, 0.05) is 6.54 Å². The number of thiazole rings is 1. The van der Waals surface area contributed by atoms with Gasteiger partial charge < -0.3 is 14.0 Å². The Kier molecular flexibility index (Phi) is 7.26. The number of esters is 1. The third-order valence-electron chi connectivity index (χ3n) is 5.00. The van der Waals surface area contributed by atoms with Gasteiger partial charge in [-0.25, -0.2) is 4.98 Å². The molecule has 0 aliphatic heterocycles. The molecule has 0 atom stereocenters. The van der Waals surface area contributed by atoms with Crippen LogP contribution in [0.15, 0.2) is 64.5 Å². The van der Waals surface area contributed by atoms with Gasteiger partial charge in [0.1, 0.15) is 10.4 Å². The van der Waals surface area contributed by atoms with Crippen molar-refractivity contribution in [2.45, 2.75) is 18.1 Å². The van der Waals surface area contributed by atoms with Crippen LogP contribution < -0.4 is 10.3 Å². The minimum Gasteiger partial charge on any atom is -0.495 e. The molecule has 0 fully saturated rings. The summed E-state index contributed by atoms with van der Waals surface area (Å²) in [5.41, 5.74) is 1.97. The standard InChI is InChI=1S/C23H21N3O4S3/c1-29-17-11-7-6-10-16(17)26-21(28)19-20(24-22(26)32-14-18(27)30-2)25(23(31)33-19)13-12-15-8-4-3-5-9-15/h3-11H,12-14H2,1-2H3. The number of para-hydroxylation sites is 2. The number of aryl methyl sites for hydroxylation is 2. The van der Waals surface area contributed by atoms with Gasteiger partial charge in [-0.2, -0.15) is 0 Å². The number of hydrogen-bond donors (Lipinski definition) is 0. The summed E-state index contributed by atoms with van der Waals surface area (Å²) in [4.78, 5) is 30.3. The molecule has 0 bridgehead atoms. The summed E-state index contributed by atoms with van der Waals surface area (Å²) < 4.78 is 14.6. The zero-order chi connectivity index (χ0) is 23.4. The van der Waals surface area contributed by atoms with Gasteiger partial charge >= 0.3 is 5.97 Å². The molecule has 0 saturated heterocycles. The molecule has 7 nitrogen and oxygen atoms in total. The lowest BCUT2D eigenvalue weighted by molar-refractivity contribution is -0.137. The Balaban J connectivity index is 1.86. The number of aromatic nitrogens is 3.